The van der Waals surface area contributed by atoms with Crippen molar-refractivity contribution in [3.63, 3.8) is 0 Å². The van der Waals surface area contributed by atoms with Gasteiger partial charge in [-0.25, -0.2) is 14.6 Å². The number of carbonyl (C=O) groups excluding carboxylic acids is 4. The Morgan fingerprint density at radius 2 is 1.71 bits per heavy atom. The number of rotatable bonds is 8. The molecular formula is C32H38N4O5. The summed E-state index contributed by atoms with van der Waals surface area (Å²) in [5.41, 5.74) is 2.53. The Morgan fingerprint density at radius 1 is 0.976 bits per heavy atom. The van der Waals surface area contributed by atoms with Gasteiger partial charge < -0.3 is 10.1 Å². The number of para-hydroxylation sites is 1. The first-order valence-electron chi connectivity index (χ1n) is 14.6. The van der Waals surface area contributed by atoms with Crippen molar-refractivity contribution in [1.29, 1.82) is 0 Å². The van der Waals surface area contributed by atoms with Gasteiger partial charge in [-0.2, -0.15) is 5.10 Å². The van der Waals surface area contributed by atoms with E-state index in [0.717, 1.165) is 62.6 Å². The highest BCUT2D eigenvalue weighted by Gasteiger charge is 2.40. The van der Waals surface area contributed by atoms with Gasteiger partial charge in [-0.15, -0.1) is 0 Å². The lowest BCUT2D eigenvalue weighted by atomic mass is 9.82. The van der Waals surface area contributed by atoms with Crippen molar-refractivity contribution in [3.8, 4) is 0 Å². The van der Waals surface area contributed by atoms with Crippen LogP contribution < -0.4 is 10.2 Å². The molecular weight excluding hydrogens is 520 g/mol. The Labute approximate surface area is 240 Å². The predicted octanol–water partition coefficient (Wildman–Crippen LogP) is 5.79. The smallest absolute Gasteiger partial charge is 0.345 e. The number of hydrazone groups is 1. The lowest BCUT2D eigenvalue weighted by Crippen LogP contribution is -2.47. The number of ether oxygens (including phenoxy) is 1. The summed E-state index contributed by atoms with van der Waals surface area (Å²) in [5, 5.41) is 8.83. The molecule has 216 valence electrons. The maximum Gasteiger partial charge on any atom is 0.345 e. The summed E-state index contributed by atoms with van der Waals surface area (Å²) in [6.45, 7) is 1.58. The van der Waals surface area contributed by atoms with Crippen LogP contribution in [0, 0.1) is 11.3 Å². The third kappa shape index (κ3) is 6.19. The zero-order valence-corrected chi connectivity index (χ0v) is 23.9. The molecule has 0 aromatic heterocycles. The van der Waals surface area contributed by atoms with E-state index in [1.165, 1.54) is 29.5 Å². The van der Waals surface area contributed by atoms with Crippen molar-refractivity contribution in [2.24, 2.45) is 16.4 Å². The van der Waals surface area contributed by atoms with Crippen LogP contribution in [0.15, 0.2) is 53.6 Å². The van der Waals surface area contributed by atoms with Crippen molar-refractivity contribution in [2.75, 3.05) is 30.4 Å². The lowest BCUT2D eigenvalue weighted by Gasteiger charge is -2.29. The number of urea groups is 1. The molecule has 0 saturated heterocycles. The van der Waals surface area contributed by atoms with E-state index < -0.39 is 23.3 Å². The molecule has 9 nitrogen and oxygen atoms in total. The number of esters is 1. The summed E-state index contributed by atoms with van der Waals surface area (Å²) in [4.78, 5) is 54.4. The van der Waals surface area contributed by atoms with Gasteiger partial charge in [-0.05, 0) is 49.9 Å². The molecule has 0 bridgehead atoms. The summed E-state index contributed by atoms with van der Waals surface area (Å²) in [6.07, 6.45) is 8.88. The number of nitrogens with one attached hydrogen (secondary N) is 1. The number of Topliss-reactive ketones (excluding diaryl/α,β-unsaturated/α-hetero) is 1. The normalized spacial score (nSPS) is 18.8. The summed E-state index contributed by atoms with van der Waals surface area (Å²) in [5.74, 6) is -0.794. The average Bonchev–Trinajstić information content (AvgIpc) is 3.41. The number of methoxy groups -OCH3 is 1. The Hall–Kier alpha value is -4.01. The third-order valence-electron chi connectivity index (χ3n) is 8.69. The van der Waals surface area contributed by atoms with Gasteiger partial charge in [0.1, 0.15) is 6.54 Å². The number of amides is 3. The Kier molecular flexibility index (Phi) is 8.52. The highest BCUT2D eigenvalue weighted by Crippen LogP contribution is 2.40. The SMILES string of the molecule is COC(=O)c1cccc(NC(=O)CN2N=C(C3CCCCC3)c3ccccc3N(CC(=O)C3(C)CCCC3)C2=O)c1. The number of hydrogen-bond acceptors (Lipinski definition) is 6. The van der Waals surface area contributed by atoms with Crippen molar-refractivity contribution < 1.29 is 23.9 Å². The maximum atomic E-state index is 14.1. The van der Waals surface area contributed by atoms with Crippen LogP contribution in [0.4, 0.5) is 16.2 Å². The second kappa shape index (κ2) is 12.2. The van der Waals surface area contributed by atoms with Crippen LogP contribution >= 0.6 is 0 Å². The molecule has 41 heavy (non-hydrogen) atoms. The van der Waals surface area contributed by atoms with Crippen molar-refractivity contribution in [2.45, 2.75) is 64.7 Å². The first kappa shape index (κ1) is 28.5. The molecule has 2 fully saturated rings. The zero-order valence-electron chi connectivity index (χ0n) is 23.9. The Balaban J connectivity index is 1.46. The molecule has 5 rings (SSSR count). The van der Waals surface area contributed by atoms with E-state index in [-0.39, 0.29) is 24.8 Å². The molecule has 0 spiro atoms. The summed E-state index contributed by atoms with van der Waals surface area (Å²) in [6, 6.07) is 13.6. The fourth-order valence-electron chi connectivity index (χ4n) is 6.28. The maximum absolute atomic E-state index is 14.1. The van der Waals surface area contributed by atoms with Crippen LogP contribution in [0.3, 0.4) is 0 Å². The molecule has 2 aromatic rings. The van der Waals surface area contributed by atoms with Crippen molar-refractivity contribution in [1.82, 2.24) is 5.01 Å². The second-order valence-electron chi connectivity index (χ2n) is 11.6. The number of carbonyl (C=O) groups is 4. The monoisotopic (exact) mass is 558 g/mol. The number of fused-ring (bicyclic) bond motifs is 1. The van der Waals surface area contributed by atoms with E-state index in [4.69, 9.17) is 9.84 Å². The van der Waals surface area contributed by atoms with Gasteiger partial charge in [-0.3, -0.25) is 14.5 Å². The Bertz CT molecular complexity index is 1360. The van der Waals surface area contributed by atoms with Crippen LogP contribution in [-0.4, -0.2) is 54.6 Å². The minimum Gasteiger partial charge on any atom is -0.465 e. The van der Waals surface area contributed by atoms with Crippen LogP contribution in [0.2, 0.25) is 0 Å². The standard InChI is InChI=1S/C32H38N4O5/c1-32(17-8-9-18-32)27(37)20-35-26-16-7-6-15-25(26)29(22-11-4-3-5-12-22)34-36(31(35)40)21-28(38)33-24-14-10-13-23(19-24)30(39)41-2/h6-7,10,13-16,19,22H,3-5,8-9,11-12,17-18,20-21H2,1-2H3,(H,33,38). The van der Waals surface area contributed by atoms with Crippen molar-refractivity contribution >= 4 is 40.8 Å². The molecule has 0 unspecified atom stereocenters. The average molecular weight is 559 g/mol. The predicted molar refractivity (Wildman–Crippen MR) is 157 cm³/mol. The van der Waals surface area contributed by atoms with Crippen LogP contribution in [0.5, 0.6) is 0 Å². The van der Waals surface area contributed by atoms with Gasteiger partial charge in [-0.1, -0.05) is 63.3 Å². The van der Waals surface area contributed by atoms with Gasteiger partial charge in [0.05, 0.1) is 30.6 Å². The number of anilines is 2. The fraction of sp³-hybridized carbons (Fsp3) is 0.469. The highest BCUT2D eigenvalue weighted by atomic mass is 16.5. The summed E-state index contributed by atoms with van der Waals surface area (Å²) >= 11 is 0. The quantitative estimate of drug-likeness (QED) is 0.413. The molecule has 2 aliphatic carbocycles. The fourth-order valence-corrected chi connectivity index (χ4v) is 6.28. The number of nitrogens with zero attached hydrogens (tertiary/aromatic N) is 3. The minimum absolute atomic E-state index is 0.0308. The van der Waals surface area contributed by atoms with E-state index in [1.807, 2.05) is 31.2 Å². The van der Waals surface area contributed by atoms with Crippen LogP contribution in [-0.2, 0) is 14.3 Å². The van der Waals surface area contributed by atoms with Gasteiger partial charge in [0, 0.05) is 22.6 Å². The first-order valence-corrected chi connectivity index (χ1v) is 14.6. The molecule has 0 radical (unpaired) electrons. The molecule has 9 heteroatoms. The van der Waals surface area contributed by atoms with E-state index in [2.05, 4.69) is 5.32 Å². The summed E-state index contributed by atoms with van der Waals surface area (Å²) in [7, 11) is 1.29. The van der Waals surface area contributed by atoms with E-state index in [9.17, 15) is 19.2 Å². The number of ketones is 1. The second-order valence-corrected chi connectivity index (χ2v) is 11.6. The van der Waals surface area contributed by atoms with Gasteiger partial charge in [0.15, 0.2) is 5.78 Å². The van der Waals surface area contributed by atoms with Crippen LogP contribution in [0.25, 0.3) is 0 Å². The van der Waals surface area contributed by atoms with Gasteiger partial charge in [0.2, 0.25) is 5.91 Å². The first-order chi connectivity index (χ1) is 19.8. The topological polar surface area (TPSA) is 108 Å². The molecule has 3 aliphatic rings. The summed E-state index contributed by atoms with van der Waals surface area (Å²) < 4.78 is 4.78. The third-order valence-corrected chi connectivity index (χ3v) is 8.69. The van der Waals surface area contributed by atoms with E-state index in [1.54, 1.807) is 18.2 Å². The van der Waals surface area contributed by atoms with Gasteiger partial charge >= 0.3 is 12.0 Å². The molecule has 2 aromatic carbocycles. The van der Waals surface area contributed by atoms with Crippen LogP contribution in [0.1, 0.15) is 80.6 Å². The lowest BCUT2D eigenvalue weighted by molar-refractivity contribution is -0.126. The molecule has 2 saturated carbocycles. The molecule has 3 amide bonds. The van der Waals surface area contributed by atoms with E-state index >= 15 is 0 Å². The van der Waals surface area contributed by atoms with E-state index in [0.29, 0.717) is 16.9 Å². The molecule has 1 heterocycles. The molecule has 1 aliphatic heterocycles. The van der Waals surface area contributed by atoms with Crippen molar-refractivity contribution in [3.05, 3.63) is 59.7 Å². The molecule has 0 atom stereocenters. The number of hydrogen-bond donors (Lipinski definition) is 1. The molecule has 1 N–H and O–H groups in total. The minimum atomic E-state index is -0.514. The highest BCUT2D eigenvalue weighted by molar-refractivity contribution is 6.13. The number of benzene rings is 2. The zero-order chi connectivity index (χ0) is 29.0. The Morgan fingerprint density at radius 3 is 2.44 bits per heavy atom. The van der Waals surface area contributed by atoms with Gasteiger partial charge in [0.25, 0.3) is 0 Å². The largest absolute Gasteiger partial charge is 0.465 e.